The molecule has 0 amide bonds. The summed E-state index contributed by atoms with van der Waals surface area (Å²) in [5.41, 5.74) is -0.676. The van der Waals surface area contributed by atoms with E-state index in [0.717, 1.165) is 12.1 Å². The molecule has 1 N–H and O–H groups in total. The van der Waals surface area contributed by atoms with Crippen LogP contribution in [0.25, 0.3) is 6.08 Å². The summed E-state index contributed by atoms with van der Waals surface area (Å²) >= 11 is 0. The number of alkyl halides is 3. The minimum Gasteiger partial charge on any atom is -0.392 e. The average Bonchev–Trinajstić information content (AvgIpc) is 2.15. The van der Waals surface area contributed by atoms with Crippen LogP contribution in [0.4, 0.5) is 13.2 Å². The van der Waals surface area contributed by atoms with E-state index in [9.17, 15) is 13.2 Å². The van der Waals surface area contributed by atoms with Crippen molar-refractivity contribution in [1.82, 2.24) is 0 Å². The zero-order chi connectivity index (χ0) is 13.3. The fourth-order valence-corrected chi connectivity index (χ4v) is 1.09. The summed E-state index contributed by atoms with van der Waals surface area (Å²) in [4.78, 5) is 0. The Kier molecular flexibility index (Phi) is 2.68. The van der Waals surface area contributed by atoms with Crippen LogP contribution < -0.4 is 0 Å². The molecule has 1 nitrogen and oxygen atoms in total. The van der Waals surface area contributed by atoms with Crippen LogP contribution in [-0.2, 0) is 6.18 Å². The third-order valence-corrected chi connectivity index (χ3v) is 1.77. The summed E-state index contributed by atoms with van der Waals surface area (Å²) in [5.74, 6) is 0. The van der Waals surface area contributed by atoms with E-state index < -0.39 is 18.3 Å². The Morgan fingerprint density at radius 2 is 2.20 bits per heavy atom. The SMILES string of the molecule is [2H]C([2H])(O)/C(C)=C/c1cccc(C(F)(F)F)c1. The molecule has 0 fully saturated rings. The smallest absolute Gasteiger partial charge is 0.392 e. The lowest BCUT2D eigenvalue weighted by molar-refractivity contribution is -0.137. The lowest BCUT2D eigenvalue weighted by Crippen LogP contribution is -2.04. The summed E-state index contributed by atoms with van der Waals surface area (Å²) in [6.07, 6.45) is -3.26. The van der Waals surface area contributed by atoms with Crippen LogP contribution in [0.3, 0.4) is 0 Å². The van der Waals surface area contributed by atoms with Crippen molar-refractivity contribution in [2.24, 2.45) is 0 Å². The number of hydrogen-bond acceptors (Lipinski definition) is 1. The van der Waals surface area contributed by atoms with E-state index in [2.05, 4.69) is 0 Å². The predicted molar refractivity (Wildman–Crippen MR) is 52.2 cm³/mol. The van der Waals surface area contributed by atoms with Crippen molar-refractivity contribution in [3.8, 4) is 0 Å². The average molecular weight is 218 g/mol. The molecule has 0 spiro atoms. The number of rotatable bonds is 2. The van der Waals surface area contributed by atoms with E-state index >= 15 is 0 Å². The zero-order valence-corrected chi connectivity index (χ0v) is 7.97. The predicted octanol–water partition coefficient (Wildman–Crippen LogP) is 3.10. The van der Waals surface area contributed by atoms with Gasteiger partial charge in [-0.1, -0.05) is 18.2 Å². The highest BCUT2D eigenvalue weighted by Crippen LogP contribution is 2.29. The van der Waals surface area contributed by atoms with Crippen molar-refractivity contribution < 1.29 is 21.0 Å². The summed E-state index contributed by atoms with van der Waals surface area (Å²) < 4.78 is 51.2. The largest absolute Gasteiger partial charge is 0.416 e. The first kappa shape index (κ1) is 8.97. The van der Waals surface area contributed by atoms with Gasteiger partial charge in [-0.2, -0.15) is 13.2 Å². The molecule has 1 rings (SSSR count). The van der Waals surface area contributed by atoms with Gasteiger partial charge in [0.25, 0.3) is 0 Å². The summed E-state index contributed by atoms with van der Waals surface area (Å²) in [7, 11) is 0. The van der Waals surface area contributed by atoms with Crippen LogP contribution in [-0.4, -0.2) is 11.7 Å². The van der Waals surface area contributed by atoms with Gasteiger partial charge in [0, 0.05) is 0 Å². The second-order valence-electron chi connectivity index (χ2n) is 3.06. The monoisotopic (exact) mass is 218 g/mol. The Hall–Kier alpha value is -1.29. The van der Waals surface area contributed by atoms with Gasteiger partial charge >= 0.3 is 6.18 Å². The van der Waals surface area contributed by atoms with Crippen LogP contribution in [0.2, 0.25) is 0 Å². The standard InChI is InChI=1S/C11H11F3O/c1-8(7-15)5-9-3-2-4-10(6-9)11(12,13)14/h2-6,15H,7H2,1H3/b8-5+/i7D2. The van der Waals surface area contributed by atoms with E-state index in [1.807, 2.05) is 0 Å². The molecule has 1 aromatic carbocycles. The van der Waals surface area contributed by atoms with E-state index in [4.69, 9.17) is 7.85 Å². The molecule has 0 aromatic heterocycles. The summed E-state index contributed by atoms with van der Waals surface area (Å²) in [6, 6.07) is 4.47. The summed E-state index contributed by atoms with van der Waals surface area (Å²) in [6.45, 7) is -1.23. The molecular formula is C11H11F3O. The third-order valence-electron chi connectivity index (χ3n) is 1.77. The van der Waals surface area contributed by atoms with E-state index in [1.54, 1.807) is 0 Å². The van der Waals surface area contributed by atoms with Gasteiger partial charge in [-0.25, -0.2) is 0 Å². The van der Waals surface area contributed by atoms with Crippen molar-refractivity contribution in [2.75, 3.05) is 6.56 Å². The number of halogens is 3. The Morgan fingerprint density at radius 1 is 1.53 bits per heavy atom. The molecule has 15 heavy (non-hydrogen) atoms. The van der Waals surface area contributed by atoms with Gasteiger partial charge < -0.3 is 5.11 Å². The van der Waals surface area contributed by atoms with Gasteiger partial charge in [0.05, 0.1) is 14.9 Å². The second kappa shape index (κ2) is 4.49. The Morgan fingerprint density at radius 3 is 2.73 bits per heavy atom. The maximum Gasteiger partial charge on any atom is 0.416 e. The highest BCUT2D eigenvalue weighted by molar-refractivity contribution is 5.53. The Bertz CT molecular complexity index is 433. The molecule has 0 aliphatic rings. The second-order valence-corrected chi connectivity index (χ2v) is 3.06. The minimum atomic E-state index is -4.43. The highest BCUT2D eigenvalue weighted by atomic mass is 19.4. The lowest BCUT2D eigenvalue weighted by Gasteiger charge is -2.07. The maximum atomic E-state index is 12.4. The van der Waals surface area contributed by atoms with Gasteiger partial charge in [0.2, 0.25) is 0 Å². The molecule has 0 heterocycles. The first-order valence-electron chi connectivity index (χ1n) is 5.19. The topological polar surface area (TPSA) is 20.2 Å². The highest BCUT2D eigenvalue weighted by Gasteiger charge is 2.30. The van der Waals surface area contributed by atoms with Gasteiger partial charge in [0.15, 0.2) is 0 Å². The maximum absolute atomic E-state index is 12.4. The van der Waals surface area contributed by atoms with Crippen molar-refractivity contribution in [3.05, 3.63) is 41.0 Å². The van der Waals surface area contributed by atoms with Crippen molar-refractivity contribution in [1.29, 1.82) is 0 Å². The normalized spacial score (nSPS) is 15.9. The van der Waals surface area contributed by atoms with Crippen LogP contribution >= 0.6 is 0 Å². The molecule has 0 unspecified atom stereocenters. The van der Waals surface area contributed by atoms with Crippen LogP contribution in [0.5, 0.6) is 0 Å². The Balaban J connectivity index is 3.10. The fraction of sp³-hybridized carbons (Fsp3) is 0.273. The lowest BCUT2D eigenvalue weighted by atomic mass is 10.1. The van der Waals surface area contributed by atoms with Crippen LogP contribution in [0.1, 0.15) is 20.8 Å². The number of hydrogen-bond donors (Lipinski definition) is 1. The van der Waals surface area contributed by atoms with Crippen molar-refractivity contribution in [3.63, 3.8) is 0 Å². The molecule has 0 saturated carbocycles. The molecular weight excluding hydrogens is 205 g/mol. The number of aliphatic hydroxyl groups is 1. The first-order chi connectivity index (χ1) is 7.60. The minimum absolute atomic E-state index is 0.0585. The van der Waals surface area contributed by atoms with E-state index in [-0.39, 0.29) is 11.1 Å². The molecule has 0 radical (unpaired) electrons. The first-order valence-corrected chi connectivity index (χ1v) is 4.19. The molecule has 4 heteroatoms. The summed E-state index contributed by atoms with van der Waals surface area (Å²) in [5, 5.41) is 9.02. The van der Waals surface area contributed by atoms with Gasteiger partial charge in [-0.15, -0.1) is 0 Å². The molecule has 0 saturated heterocycles. The van der Waals surface area contributed by atoms with Gasteiger partial charge in [-0.3, -0.25) is 0 Å². The van der Waals surface area contributed by atoms with Gasteiger partial charge in [0.1, 0.15) is 0 Å². The molecule has 0 bridgehead atoms. The van der Waals surface area contributed by atoms with E-state index in [1.165, 1.54) is 25.1 Å². The number of benzene rings is 1. The van der Waals surface area contributed by atoms with Crippen molar-refractivity contribution in [2.45, 2.75) is 13.1 Å². The molecule has 0 aliphatic carbocycles. The van der Waals surface area contributed by atoms with E-state index in [0.29, 0.717) is 0 Å². The third kappa shape index (κ3) is 3.40. The quantitative estimate of drug-likeness (QED) is 0.808. The van der Waals surface area contributed by atoms with Gasteiger partial charge in [-0.05, 0) is 30.2 Å². The van der Waals surface area contributed by atoms with Crippen molar-refractivity contribution >= 4 is 6.08 Å². The molecule has 1 aromatic rings. The molecule has 82 valence electrons. The van der Waals surface area contributed by atoms with Crippen LogP contribution in [0, 0.1) is 0 Å². The zero-order valence-electron chi connectivity index (χ0n) is 9.97. The van der Waals surface area contributed by atoms with Crippen LogP contribution in [0.15, 0.2) is 29.8 Å². The Labute approximate surface area is 88.7 Å². The molecule has 0 atom stereocenters. The fourth-order valence-electron chi connectivity index (χ4n) is 1.09. The molecule has 0 aliphatic heterocycles.